The molecule has 0 aromatic heterocycles. The molecule has 1 aromatic carbocycles. The van der Waals surface area contributed by atoms with E-state index in [-0.39, 0.29) is 5.69 Å². The van der Waals surface area contributed by atoms with E-state index in [9.17, 15) is 14.9 Å². The van der Waals surface area contributed by atoms with Gasteiger partial charge in [-0.2, -0.15) is 0 Å². The summed E-state index contributed by atoms with van der Waals surface area (Å²) in [6.45, 7) is 5.87. The number of hydrogen-bond acceptors (Lipinski definition) is 6. The van der Waals surface area contributed by atoms with Crippen molar-refractivity contribution in [3.8, 4) is 0 Å². The van der Waals surface area contributed by atoms with Crippen LogP contribution in [0.15, 0.2) is 47.3 Å². The Balaban J connectivity index is 2.69. The van der Waals surface area contributed by atoms with Crippen LogP contribution in [-0.4, -0.2) is 36.7 Å². The number of non-ortho nitro benzene ring substituents is 1. The van der Waals surface area contributed by atoms with Crippen molar-refractivity contribution in [2.24, 2.45) is 0 Å². The van der Waals surface area contributed by atoms with Gasteiger partial charge in [0.1, 0.15) is 6.73 Å². The Morgan fingerprint density at radius 3 is 2.56 bits per heavy atom. The summed E-state index contributed by atoms with van der Waals surface area (Å²) in [5.74, 6) is -0.476. The molecule has 1 atom stereocenters. The molecule has 1 aromatic rings. The van der Waals surface area contributed by atoms with E-state index in [2.05, 4.69) is 0 Å². The highest BCUT2D eigenvalue weighted by Crippen LogP contribution is 2.42. The van der Waals surface area contributed by atoms with Gasteiger partial charge in [-0.1, -0.05) is 18.2 Å². The quantitative estimate of drug-likeness (QED) is 0.463. The second-order valence-electron chi connectivity index (χ2n) is 6.09. The van der Waals surface area contributed by atoms with Crippen LogP contribution in [0.4, 0.5) is 5.69 Å². The molecule has 25 heavy (non-hydrogen) atoms. The van der Waals surface area contributed by atoms with Gasteiger partial charge in [0.15, 0.2) is 0 Å². The number of carbonyl (C=O) groups excluding carboxylic acids is 1. The fourth-order valence-corrected chi connectivity index (χ4v) is 3.30. The zero-order chi connectivity index (χ0) is 18.8. The predicted octanol–water partition coefficient (Wildman–Crippen LogP) is 3.12. The van der Waals surface area contributed by atoms with Gasteiger partial charge in [-0.15, -0.1) is 0 Å². The van der Waals surface area contributed by atoms with Crippen molar-refractivity contribution >= 4 is 11.7 Å². The first-order chi connectivity index (χ1) is 11.8. The van der Waals surface area contributed by atoms with E-state index >= 15 is 0 Å². The van der Waals surface area contributed by atoms with Gasteiger partial charge in [-0.05, 0) is 26.3 Å². The maximum atomic E-state index is 12.5. The molecule has 0 aliphatic carbocycles. The minimum Gasteiger partial charge on any atom is -0.466 e. The van der Waals surface area contributed by atoms with Crippen molar-refractivity contribution in [2.75, 3.05) is 21.0 Å². The summed E-state index contributed by atoms with van der Waals surface area (Å²) in [7, 11) is 2.90. The Kier molecular flexibility index (Phi) is 5.27. The number of benzene rings is 1. The van der Waals surface area contributed by atoms with Crippen LogP contribution in [0, 0.1) is 10.1 Å². The van der Waals surface area contributed by atoms with Crippen LogP contribution >= 0.6 is 0 Å². The van der Waals surface area contributed by atoms with Crippen molar-refractivity contribution in [2.45, 2.75) is 26.2 Å². The summed E-state index contributed by atoms with van der Waals surface area (Å²) >= 11 is 0. The fraction of sp³-hybridized carbons (Fsp3) is 0.389. The van der Waals surface area contributed by atoms with E-state index in [1.54, 1.807) is 19.2 Å². The number of ether oxygens (including phenoxy) is 2. The molecule has 0 saturated heterocycles. The molecule has 7 heteroatoms. The molecule has 0 N–H and O–H groups in total. The van der Waals surface area contributed by atoms with Gasteiger partial charge in [0.25, 0.3) is 5.69 Å². The predicted molar refractivity (Wildman–Crippen MR) is 92.6 cm³/mol. The van der Waals surface area contributed by atoms with E-state index in [1.807, 2.05) is 31.7 Å². The molecule has 2 rings (SSSR count). The van der Waals surface area contributed by atoms with E-state index in [0.29, 0.717) is 23.6 Å². The van der Waals surface area contributed by atoms with Crippen molar-refractivity contribution < 1.29 is 19.2 Å². The number of hydrogen-bond donors (Lipinski definition) is 0. The molecule has 1 heterocycles. The average molecular weight is 346 g/mol. The number of allylic oxidation sites excluding steroid dienone is 3. The molecule has 1 unspecified atom stereocenters. The second-order valence-corrected chi connectivity index (χ2v) is 6.09. The lowest BCUT2D eigenvalue weighted by Gasteiger charge is -2.40. The zero-order valence-electron chi connectivity index (χ0n) is 15.0. The highest BCUT2D eigenvalue weighted by Gasteiger charge is 2.41. The maximum Gasteiger partial charge on any atom is 0.336 e. The topological polar surface area (TPSA) is 81.9 Å². The average Bonchev–Trinajstić information content (AvgIpc) is 2.58. The van der Waals surface area contributed by atoms with Gasteiger partial charge in [-0.3, -0.25) is 10.1 Å². The van der Waals surface area contributed by atoms with Crippen LogP contribution in [0.3, 0.4) is 0 Å². The normalized spacial score (nSPS) is 20.4. The van der Waals surface area contributed by atoms with Crippen LogP contribution in [0.25, 0.3) is 0 Å². The standard InChI is InChI=1S/C18H22N2O5/c1-12-10-18(3,14-7-6-8-15(9-14)20(22)23)16(17(21)25-5)13(2)19(12)11-24-4/h6-10H,11H2,1-5H3. The SMILES string of the molecule is COCN1C(C)=CC(C)(c2cccc([N+](=O)[O-])c2)C(C(=O)OC)=C1C. The molecule has 1 aliphatic rings. The minimum absolute atomic E-state index is 0.0223. The molecular weight excluding hydrogens is 324 g/mol. The molecule has 7 nitrogen and oxygen atoms in total. The number of esters is 1. The lowest BCUT2D eigenvalue weighted by atomic mass is 9.72. The monoisotopic (exact) mass is 346 g/mol. The van der Waals surface area contributed by atoms with E-state index in [1.165, 1.54) is 19.2 Å². The summed E-state index contributed by atoms with van der Waals surface area (Å²) in [5, 5.41) is 11.1. The molecule has 0 radical (unpaired) electrons. The molecule has 0 bridgehead atoms. The maximum absolute atomic E-state index is 12.5. The molecule has 1 aliphatic heterocycles. The number of nitro groups is 1. The van der Waals surface area contributed by atoms with Crippen molar-refractivity contribution in [3.63, 3.8) is 0 Å². The second kappa shape index (κ2) is 7.06. The van der Waals surface area contributed by atoms with E-state index in [0.717, 1.165) is 5.70 Å². The molecule has 0 spiro atoms. The summed E-state index contributed by atoms with van der Waals surface area (Å²) < 4.78 is 10.2. The molecule has 0 amide bonds. The van der Waals surface area contributed by atoms with Gasteiger partial charge in [0, 0.05) is 36.1 Å². The summed E-state index contributed by atoms with van der Waals surface area (Å²) in [6.07, 6.45) is 1.91. The minimum atomic E-state index is -0.850. The third-order valence-electron chi connectivity index (χ3n) is 4.51. The van der Waals surface area contributed by atoms with Crippen molar-refractivity contribution in [1.29, 1.82) is 0 Å². The summed E-state index contributed by atoms with van der Waals surface area (Å²) in [4.78, 5) is 25.1. The zero-order valence-corrected chi connectivity index (χ0v) is 15.0. The van der Waals surface area contributed by atoms with Crippen LogP contribution in [-0.2, 0) is 19.7 Å². The first-order valence-corrected chi connectivity index (χ1v) is 7.76. The smallest absolute Gasteiger partial charge is 0.336 e. The highest BCUT2D eigenvalue weighted by molar-refractivity contribution is 5.93. The van der Waals surface area contributed by atoms with Gasteiger partial charge >= 0.3 is 5.97 Å². The number of methoxy groups -OCH3 is 2. The van der Waals surface area contributed by atoms with Crippen LogP contribution in [0.5, 0.6) is 0 Å². The lowest BCUT2D eigenvalue weighted by molar-refractivity contribution is -0.384. The largest absolute Gasteiger partial charge is 0.466 e. The van der Waals surface area contributed by atoms with Gasteiger partial charge in [-0.25, -0.2) is 4.79 Å². The summed E-state index contributed by atoms with van der Waals surface area (Å²) in [6, 6.07) is 6.32. The Morgan fingerprint density at radius 2 is 2.00 bits per heavy atom. The lowest BCUT2D eigenvalue weighted by Crippen LogP contribution is -2.39. The number of nitrogens with zero attached hydrogens (tertiary/aromatic N) is 2. The third kappa shape index (κ3) is 3.28. The Hall–Kier alpha value is -2.67. The number of nitro benzene ring substituents is 1. The van der Waals surface area contributed by atoms with Crippen molar-refractivity contribution in [1.82, 2.24) is 4.90 Å². The fourth-order valence-electron chi connectivity index (χ4n) is 3.30. The van der Waals surface area contributed by atoms with Gasteiger partial charge in [0.2, 0.25) is 0 Å². The Morgan fingerprint density at radius 1 is 1.32 bits per heavy atom. The van der Waals surface area contributed by atoms with Gasteiger partial charge < -0.3 is 14.4 Å². The van der Waals surface area contributed by atoms with Gasteiger partial charge in [0.05, 0.1) is 17.6 Å². The van der Waals surface area contributed by atoms with Crippen molar-refractivity contribution in [3.05, 3.63) is 63.0 Å². The molecular formula is C18H22N2O5. The van der Waals surface area contributed by atoms with Crippen LogP contribution in [0.2, 0.25) is 0 Å². The highest BCUT2D eigenvalue weighted by atomic mass is 16.6. The van der Waals surface area contributed by atoms with E-state index in [4.69, 9.17) is 9.47 Å². The third-order valence-corrected chi connectivity index (χ3v) is 4.51. The van der Waals surface area contributed by atoms with Crippen LogP contribution in [0.1, 0.15) is 26.3 Å². The Bertz CT molecular complexity index is 768. The van der Waals surface area contributed by atoms with Crippen LogP contribution < -0.4 is 0 Å². The molecule has 0 saturated carbocycles. The van der Waals surface area contributed by atoms with E-state index < -0.39 is 16.3 Å². The summed E-state index contributed by atoms with van der Waals surface area (Å²) in [5.41, 5.74) is 1.79. The Labute approximate surface area is 146 Å². The molecule has 0 fully saturated rings. The number of carbonyl (C=O) groups is 1. The number of rotatable bonds is 5. The first kappa shape index (κ1) is 18.7. The first-order valence-electron chi connectivity index (χ1n) is 7.76. The molecule has 134 valence electrons.